The lowest BCUT2D eigenvalue weighted by Crippen LogP contribution is -2.03. The second-order valence-electron chi connectivity index (χ2n) is 5.06. The highest BCUT2D eigenvalue weighted by atomic mass is 32.1. The van der Waals surface area contributed by atoms with E-state index in [1.165, 1.54) is 0 Å². The average molecular weight is 322 g/mol. The van der Waals surface area contributed by atoms with E-state index in [0.717, 1.165) is 33.2 Å². The molecule has 0 aliphatic carbocycles. The van der Waals surface area contributed by atoms with Crippen LogP contribution in [-0.4, -0.2) is 24.7 Å². The van der Waals surface area contributed by atoms with Gasteiger partial charge < -0.3 is 5.32 Å². The molecule has 3 heterocycles. The summed E-state index contributed by atoms with van der Waals surface area (Å²) in [7, 11) is 0. The van der Waals surface area contributed by atoms with Crippen molar-refractivity contribution in [2.45, 2.75) is 13.5 Å². The van der Waals surface area contributed by atoms with E-state index >= 15 is 0 Å². The lowest BCUT2D eigenvalue weighted by atomic mass is 10.3. The first kappa shape index (κ1) is 13.8. The van der Waals surface area contributed by atoms with Crippen LogP contribution in [0.1, 0.15) is 10.7 Å². The fourth-order valence-corrected chi connectivity index (χ4v) is 3.02. The quantitative estimate of drug-likeness (QED) is 0.625. The maximum atomic E-state index is 4.45. The summed E-state index contributed by atoms with van der Waals surface area (Å²) in [5.74, 6) is 0.767. The molecule has 0 saturated carbocycles. The third kappa shape index (κ3) is 2.66. The van der Waals surface area contributed by atoms with E-state index in [2.05, 4.69) is 25.4 Å². The second-order valence-corrected chi connectivity index (χ2v) is 6.13. The highest BCUT2D eigenvalue weighted by Crippen LogP contribution is 2.22. The molecule has 0 saturated heterocycles. The number of anilines is 1. The molecular formula is C16H14N6S. The molecule has 4 aromatic rings. The number of fused-ring (bicyclic) bond motifs is 1. The molecule has 0 fully saturated rings. The van der Waals surface area contributed by atoms with Crippen molar-refractivity contribution in [2.24, 2.45) is 0 Å². The third-order valence-electron chi connectivity index (χ3n) is 3.47. The molecule has 0 bridgehead atoms. The van der Waals surface area contributed by atoms with Gasteiger partial charge in [0.15, 0.2) is 5.65 Å². The first-order valence-corrected chi connectivity index (χ1v) is 8.08. The fraction of sp³-hybridized carbons (Fsp3) is 0.125. The first-order chi connectivity index (χ1) is 11.3. The Kier molecular flexibility index (Phi) is 3.47. The standard InChI is InChI=1S/C16H14N6S/c1-11-21-12(9-23-11)7-17-15-14-8-20-22(16(14)19-10-18-15)13-5-3-2-4-6-13/h2-6,8-10H,7H2,1H3,(H,17,18,19). The molecule has 4 rings (SSSR count). The van der Waals surface area contributed by atoms with E-state index in [1.54, 1.807) is 23.9 Å². The summed E-state index contributed by atoms with van der Waals surface area (Å²) in [6.45, 7) is 2.63. The summed E-state index contributed by atoms with van der Waals surface area (Å²) in [4.78, 5) is 13.2. The Morgan fingerprint density at radius 1 is 1.17 bits per heavy atom. The summed E-state index contributed by atoms with van der Waals surface area (Å²) < 4.78 is 1.81. The Morgan fingerprint density at radius 3 is 2.83 bits per heavy atom. The second kappa shape index (κ2) is 5.77. The number of rotatable bonds is 4. The third-order valence-corrected chi connectivity index (χ3v) is 4.29. The van der Waals surface area contributed by atoms with Gasteiger partial charge in [0, 0.05) is 5.38 Å². The molecule has 1 aromatic carbocycles. The molecule has 0 unspecified atom stereocenters. The molecule has 23 heavy (non-hydrogen) atoms. The van der Waals surface area contributed by atoms with Gasteiger partial charge in [0.05, 0.1) is 34.5 Å². The minimum absolute atomic E-state index is 0.632. The predicted molar refractivity (Wildman–Crippen MR) is 90.8 cm³/mol. The van der Waals surface area contributed by atoms with E-state index in [-0.39, 0.29) is 0 Å². The van der Waals surface area contributed by atoms with Gasteiger partial charge in [0.2, 0.25) is 0 Å². The van der Waals surface area contributed by atoms with Crippen LogP contribution >= 0.6 is 11.3 Å². The Hall–Kier alpha value is -2.80. The van der Waals surface area contributed by atoms with E-state index in [4.69, 9.17) is 0 Å². The average Bonchev–Trinajstić information content (AvgIpc) is 3.20. The summed E-state index contributed by atoms with van der Waals surface area (Å²) >= 11 is 1.64. The first-order valence-electron chi connectivity index (χ1n) is 7.20. The monoisotopic (exact) mass is 322 g/mol. The Labute approximate surface area is 136 Å². The SMILES string of the molecule is Cc1nc(CNc2ncnc3c2cnn3-c2ccccc2)cs1. The molecular weight excluding hydrogens is 308 g/mol. The summed E-state index contributed by atoms with van der Waals surface area (Å²) in [5.41, 5.74) is 2.76. The van der Waals surface area contributed by atoms with Crippen LogP contribution in [-0.2, 0) is 6.54 Å². The van der Waals surface area contributed by atoms with Gasteiger partial charge in [-0.15, -0.1) is 11.3 Å². The molecule has 3 aromatic heterocycles. The molecule has 1 N–H and O–H groups in total. The van der Waals surface area contributed by atoms with Crippen molar-refractivity contribution in [3.8, 4) is 5.69 Å². The number of para-hydroxylation sites is 1. The number of hydrogen-bond donors (Lipinski definition) is 1. The van der Waals surface area contributed by atoms with Crippen molar-refractivity contribution in [2.75, 3.05) is 5.32 Å². The topological polar surface area (TPSA) is 68.5 Å². The van der Waals surface area contributed by atoms with Gasteiger partial charge in [-0.2, -0.15) is 5.10 Å². The zero-order valence-electron chi connectivity index (χ0n) is 12.5. The Balaban J connectivity index is 1.67. The largest absolute Gasteiger partial charge is 0.364 e. The van der Waals surface area contributed by atoms with Crippen LogP contribution in [0.4, 0.5) is 5.82 Å². The Morgan fingerprint density at radius 2 is 2.04 bits per heavy atom. The molecule has 0 radical (unpaired) electrons. The van der Waals surface area contributed by atoms with Crippen LogP contribution in [0.25, 0.3) is 16.7 Å². The van der Waals surface area contributed by atoms with E-state index in [1.807, 2.05) is 47.3 Å². The summed E-state index contributed by atoms with van der Waals surface area (Å²) in [6.07, 6.45) is 3.34. The molecule has 0 aliphatic rings. The van der Waals surface area contributed by atoms with Crippen LogP contribution in [0.5, 0.6) is 0 Å². The number of hydrogen-bond acceptors (Lipinski definition) is 6. The van der Waals surface area contributed by atoms with Crippen LogP contribution < -0.4 is 5.32 Å². The number of aromatic nitrogens is 5. The Bertz CT molecular complexity index is 944. The molecule has 6 nitrogen and oxygen atoms in total. The van der Waals surface area contributed by atoms with Gasteiger partial charge in [0.25, 0.3) is 0 Å². The molecule has 0 atom stereocenters. The fourth-order valence-electron chi connectivity index (χ4n) is 2.41. The molecule has 0 spiro atoms. The van der Waals surface area contributed by atoms with E-state index in [9.17, 15) is 0 Å². The van der Waals surface area contributed by atoms with Crippen LogP contribution in [0, 0.1) is 6.92 Å². The van der Waals surface area contributed by atoms with Gasteiger partial charge in [-0.3, -0.25) is 0 Å². The number of aryl methyl sites for hydroxylation is 1. The summed E-state index contributed by atoms with van der Waals surface area (Å²) in [6, 6.07) is 9.94. The van der Waals surface area contributed by atoms with E-state index < -0.39 is 0 Å². The molecule has 0 aliphatic heterocycles. The number of benzene rings is 1. The highest BCUT2D eigenvalue weighted by Gasteiger charge is 2.11. The van der Waals surface area contributed by atoms with Crippen molar-refractivity contribution < 1.29 is 0 Å². The number of nitrogens with zero attached hydrogens (tertiary/aromatic N) is 5. The highest BCUT2D eigenvalue weighted by molar-refractivity contribution is 7.09. The van der Waals surface area contributed by atoms with Gasteiger partial charge in [-0.05, 0) is 19.1 Å². The van der Waals surface area contributed by atoms with Gasteiger partial charge in [-0.25, -0.2) is 19.6 Å². The van der Waals surface area contributed by atoms with Crippen molar-refractivity contribution in [3.05, 3.63) is 58.9 Å². The minimum Gasteiger partial charge on any atom is -0.364 e. The maximum Gasteiger partial charge on any atom is 0.168 e. The van der Waals surface area contributed by atoms with Crippen molar-refractivity contribution in [3.63, 3.8) is 0 Å². The van der Waals surface area contributed by atoms with E-state index in [0.29, 0.717) is 6.54 Å². The lowest BCUT2D eigenvalue weighted by molar-refractivity contribution is 0.895. The zero-order valence-corrected chi connectivity index (χ0v) is 13.3. The number of thiazole rings is 1. The van der Waals surface area contributed by atoms with Gasteiger partial charge >= 0.3 is 0 Å². The van der Waals surface area contributed by atoms with Crippen LogP contribution in [0.2, 0.25) is 0 Å². The lowest BCUT2D eigenvalue weighted by Gasteiger charge is -2.05. The van der Waals surface area contributed by atoms with Gasteiger partial charge in [-0.1, -0.05) is 18.2 Å². The predicted octanol–water partition coefficient (Wildman–Crippen LogP) is 3.19. The summed E-state index contributed by atoms with van der Waals surface area (Å²) in [5, 5.41) is 11.8. The van der Waals surface area contributed by atoms with Crippen molar-refractivity contribution in [1.29, 1.82) is 0 Å². The normalized spacial score (nSPS) is 11.0. The van der Waals surface area contributed by atoms with Crippen molar-refractivity contribution in [1.82, 2.24) is 24.7 Å². The van der Waals surface area contributed by atoms with Crippen LogP contribution in [0.15, 0.2) is 48.2 Å². The zero-order chi connectivity index (χ0) is 15.6. The smallest absolute Gasteiger partial charge is 0.168 e. The molecule has 0 amide bonds. The van der Waals surface area contributed by atoms with Crippen molar-refractivity contribution >= 4 is 28.2 Å². The van der Waals surface area contributed by atoms with Gasteiger partial charge in [0.1, 0.15) is 12.1 Å². The molecule has 114 valence electrons. The number of nitrogens with one attached hydrogen (secondary N) is 1. The maximum absolute atomic E-state index is 4.45. The van der Waals surface area contributed by atoms with Crippen LogP contribution in [0.3, 0.4) is 0 Å². The minimum atomic E-state index is 0.632. The molecule has 7 heteroatoms.